The van der Waals surface area contributed by atoms with Gasteiger partial charge in [-0.2, -0.15) is 4.98 Å². The van der Waals surface area contributed by atoms with Crippen molar-refractivity contribution in [2.45, 2.75) is 36.6 Å². The quantitative estimate of drug-likeness (QED) is 0.202. The molecule has 0 spiro atoms. The van der Waals surface area contributed by atoms with Crippen molar-refractivity contribution in [3.05, 3.63) is 22.7 Å². The average Bonchev–Trinajstić information content (AvgIpc) is 2.69. The fourth-order valence-electron chi connectivity index (χ4n) is 2.84. The number of carbonyl (C=O) groups is 3. The van der Waals surface area contributed by atoms with Crippen LogP contribution in [0.15, 0.2) is 17.1 Å². The Balaban J connectivity index is 2.27. The summed E-state index contributed by atoms with van der Waals surface area (Å²) in [6.07, 6.45) is -5.77. The minimum atomic E-state index is -1.83. The third-order valence-corrected chi connectivity index (χ3v) is 4.36. The second-order valence-corrected chi connectivity index (χ2v) is 6.41. The highest BCUT2D eigenvalue weighted by Gasteiger charge is 2.49. The zero-order valence-corrected chi connectivity index (χ0v) is 15.5. The van der Waals surface area contributed by atoms with Crippen LogP contribution in [0.25, 0.3) is 0 Å². The molecule has 30 heavy (non-hydrogen) atoms. The van der Waals surface area contributed by atoms with Gasteiger partial charge in [0.25, 0.3) is 0 Å². The van der Waals surface area contributed by atoms with Crippen LogP contribution in [0.4, 0.5) is 5.82 Å². The number of aliphatic hydroxyl groups is 3. The van der Waals surface area contributed by atoms with Gasteiger partial charge in [-0.1, -0.05) is 0 Å². The van der Waals surface area contributed by atoms with Crippen LogP contribution in [0.3, 0.4) is 0 Å². The first kappa shape index (κ1) is 23.2. The molecule has 2 heterocycles. The fraction of sp³-hybridized carbons (Fsp3) is 0.533. The summed E-state index contributed by atoms with van der Waals surface area (Å²) in [6.45, 7) is -1.27. The van der Waals surface area contributed by atoms with Gasteiger partial charge in [0.1, 0.15) is 24.1 Å². The first-order valence-corrected chi connectivity index (χ1v) is 8.67. The lowest BCUT2D eigenvalue weighted by Gasteiger charge is -2.42. The lowest BCUT2D eigenvalue weighted by atomic mass is 9.94. The maximum atomic E-state index is 12.4. The number of amides is 3. The van der Waals surface area contributed by atoms with Gasteiger partial charge in [-0.05, 0) is 6.07 Å². The minimum absolute atomic E-state index is 0.103. The molecule has 0 aliphatic carbocycles. The van der Waals surface area contributed by atoms with E-state index >= 15 is 0 Å². The summed E-state index contributed by atoms with van der Waals surface area (Å²) in [5.74, 6) is -2.98. The van der Waals surface area contributed by atoms with Crippen LogP contribution in [0, 0.1) is 0 Å². The zero-order chi connectivity index (χ0) is 22.6. The number of hydrogen-bond donors (Lipinski definition) is 8. The number of aliphatic hydroxyl groups excluding tert-OH is 3. The van der Waals surface area contributed by atoms with Gasteiger partial charge in [-0.25, -0.2) is 4.79 Å². The Bertz CT molecular complexity index is 862. The minimum Gasteiger partial charge on any atom is -0.394 e. The smallest absolute Gasteiger partial charge is 0.351 e. The van der Waals surface area contributed by atoms with E-state index in [1.165, 1.54) is 6.07 Å². The Morgan fingerprint density at radius 1 is 1.30 bits per heavy atom. The van der Waals surface area contributed by atoms with E-state index in [0.29, 0.717) is 0 Å². The number of nitrogens with one attached hydrogen (secondary N) is 2. The normalized spacial score (nSPS) is 27.1. The molecular formula is C15H23N7O8. The molecule has 1 aromatic heterocycles. The molecule has 2 rings (SSSR count). The predicted molar refractivity (Wildman–Crippen MR) is 98.0 cm³/mol. The molecule has 0 aromatic carbocycles. The van der Waals surface area contributed by atoms with Gasteiger partial charge in [0, 0.05) is 6.20 Å². The maximum Gasteiger partial charge on any atom is 0.351 e. The number of nitrogens with zero attached hydrogens (tertiary/aromatic N) is 2. The van der Waals surface area contributed by atoms with Crippen molar-refractivity contribution in [2.24, 2.45) is 11.5 Å². The molecule has 0 unspecified atom stereocenters. The Morgan fingerprint density at radius 2 is 1.97 bits per heavy atom. The highest BCUT2D eigenvalue weighted by atomic mass is 16.5. The van der Waals surface area contributed by atoms with E-state index in [1.807, 2.05) is 0 Å². The second-order valence-electron chi connectivity index (χ2n) is 6.41. The van der Waals surface area contributed by atoms with Crippen LogP contribution in [-0.2, 0) is 19.1 Å². The molecule has 1 aliphatic heterocycles. The number of ether oxygens (including phenoxy) is 1. The molecule has 15 nitrogen and oxygen atoms in total. The van der Waals surface area contributed by atoms with Crippen molar-refractivity contribution in [2.75, 3.05) is 18.9 Å². The Kier molecular flexibility index (Phi) is 7.41. The molecule has 3 amide bonds. The van der Waals surface area contributed by atoms with Crippen molar-refractivity contribution in [1.29, 1.82) is 0 Å². The largest absolute Gasteiger partial charge is 0.394 e. The van der Waals surface area contributed by atoms with Crippen LogP contribution < -0.4 is 33.5 Å². The molecule has 15 heteroatoms. The third kappa shape index (κ3) is 4.89. The lowest BCUT2D eigenvalue weighted by Crippen LogP contribution is -2.67. The van der Waals surface area contributed by atoms with Gasteiger partial charge in [-0.15, -0.1) is 0 Å². The van der Waals surface area contributed by atoms with Crippen LogP contribution in [-0.4, -0.2) is 86.1 Å². The number of primary amides is 1. The van der Waals surface area contributed by atoms with E-state index < -0.39 is 73.2 Å². The zero-order valence-electron chi connectivity index (χ0n) is 15.5. The van der Waals surface area contributed by atoms with Gasteiger partial charge in [0.05, 0.1) is 19.2 Å². The molecule has 0 saturated carbocycles. The standard InChI is InChI=1S/C15H23N7O8/c16-3-7(24)19-5(4-23)13(28)21-8-9(25)10(26)14(30-11(8)12(18)27)22-2-1-6(17)20-15(22)29/h1-2,5,8-11,14,23,25-26H,3-4,16H2,(H2,18,27)(H,19,24)(H,21,28)(H2,17,20,29)/t5-,8-,9-,10+,11-,14+/m0/s1. The fourth-order valence-corrected chi connectivity index (χ4v) is 2.84. The summed E-state index contributed by atoms with van der Waals surface area (Å²) in [7, 11) is 0. The van der Waals surface area contributed by atoms with Crippen molar-refractivity contribution < 1.29 is 34.4 Å². The van der Waals surface area contributed by atoms with Gasteiger partial charge < -0.3 is 47.9 Å². The summed E-state index contributed by atoms with van der Waals surface area (Å²) in [6, 6.07) is -1.80. The number of aromatic nitrogens is 2. The van der Waals surface area contributed by atoms with Crippen LogP contribution >= 0.6 is 0 Å². The SMILES string of the molecule is NCC(=O)N[C@@H](CO)C(=O)N[C@H]1[C@H](O)[C@@H](O)[C@H](n2ccc(N)nc2=O)O[C@@H]1C(N)=O. The number of nitrogens with two attached hydrogens (primary N) is 3. The first-order chi connectivity index (χ1) is 14.1. The van der Waals surface area contributed by atoms with E-state index in [1.54, 1.807) is 0 Å². The Labute approximate surface area is 168 Å². The average molecular weight is 429 g/mol. The van der Waals surface area contributed by atoms with Crippen LogP contribution in [0.5, 0.6) is 0 Å². The van der Waals surface area contributed by atoms with Gasteiger partial charge in [-0.3, -0.25) is 19.0 Å². The molecule has 1 saturated heterocycles. The summed E-state index contributed by atoms with van der Waals surface area (Å²) in [5.41, 5.74) is 14.9. The second kappa shape index (κ2) is 9.59. The van der Waals surface area contributed by atoms with Gasteiger partial charge >= 0.3 is 5.69 Å². The molecular weight excluding hydrogens is 406 g/mol. The number of hydrogen-bond acceptors (Lipinski definition) is 11. The molecule has 1 fully saturated rings. The van der Waals surface area contributed by atoms with Gasteiger partial charge in [0.15, 0.2) is 12.3 Å². The number of carbonyl (C=O) groups excluding carboxylic acids is 3. The Morgan fingerprint density at radius 3 is 2.50 bits per heavy atom. The highest BCUT2D eigenvalue weighted by Crippen LogP contribution is 2.27. The predicted octanol–water partition coefficient (Wildman–Crippen LogP) is -6.15. The van der Waals surface area contributed by atoms with Gasteiger partial charge in [0.2, 0.25) is 17.7 Å². The van der Waals surface area contributed by atoms with E-state index in [4.69, 9.17) is 21.9 Å². The van der Waals surface area contributed by atoms with Crippen LogP contribution in [0.1, 0.15) is 6.23 Å². The van der Waals surface area contributed by atoms with Crippen molar-refractivity contribution in [3.63, 3.8) is 0 Å². The molecule has 0 radical (unpaired) electrons. The van der Waals surface area contributed by atoms with Crippen LogP contribution in [0.2, 0.25) is 0 Å². The summed E-state index contributed by atoms with van der Waals surface area (Å²) >= 11 is 0. The lowest BCUT2D eigenvalue weighted by molar-refractivity contribution is -0.212. The summed E-state index contributed by atoms with van der Waals surface area (Å²) < 4.78 is 6.17. The van der Waals surface area contributed by atoms with Crippen molar-refractivity contribution in [1.82, 2.24) is 20.2 Å². The molecule has 1 aromatic rings. The van der Waals surface area contributed by atoms with Crippen molar-refractivity contribution in [3.8, 4) is 0 Å². The summed E-state index contributed by atoms with van der Waals surface area (Å²) in [5, 5.41) is 34.5. The van der Waals surface area contributed by atoms with E-state index in [9.17, 15) is 34.5 Å². The molecule has 6 atom stereocenters. The number of anilines is 1. The maximum absolute atomic E-state index is 12.4. The van der Waals surface area contributed by atoms with Crippen molar-refractivity contribution >= 4 is 23.5 Å². The Hall–Kier alpha value is -3.11. The highest BCUT2D eigenvalue weighted by molar-refractivity contribution is 5.89. The number of rotatable bonds is 7. The number of nitrogen functional groups attached to an aromatic ring is 1. The molecule has 11 N–H and O–H groups in total. The van der Waals surface area contributed by atoms with E-state index in [0.717, 1.165) is 10.8 Å². The topological polar surface area (TPSA) is 258 Å². The van der Waals surface area contributed by atoms with E-state index in [-0.39, 0.29) is 5.82 Å². The monoisotopic (exact) mass is 429 g/mol. The summed E-state index contributed by atoms with van der Waals surface area (Å²) in [4.78, 5) is 51.1. The molecule has 0 bridgehead atoms. The van der Waals surface area contributed by atoms with E-state index in [2.05, 4.69) is 15.6 Å². The molecule has 1 aliphatic rings. The third-order valence-electron chi connectivity index (χ3n) is 4.36. The first-order valence-electron chi connectivity index (χ1n) is 8.67. The molecule has 166 valence electrons.